The van der Waals surface area contributed by atoms with Crippen LogP contribution in [0.4, 0.5) is 4.39 Å². The average molecular weight is 350 g/mol. The van der Waals surface area contributed by atoms with Gasteiger partial charge in [0.25, 0.3) is 5.91 Å². The van der Waals surface area contributed by atoms with Gasteiger partial charge in [-0.1, -0.05) is 25.6 Å². The van der Waals surface area contributed by atoms with Crippen molar-refractivity contribution in [2.24, 2.45) is 5.92 Å². The Hall–Kier alpha value is -2.35. The minimum atomic E-state index is -0.496. The fourth-order valence-corrected chi connectivity index (χ4v) is 2.64. The predicted molar refractivity (Wildman–Crippen MR) is 90.4 cm³/mol. The molecule has 0 aliphatic rings. The number of hydrogen-bond acceptors (Lipinski definition) is 4. The zero-order valence-electron chi connectivity index (χ0n) is 13.7. The number of hydrogen-bond donors (Lipinski definition) is 2. The number of halogens is 1. The number of carbonyl (C=O) groups is 2. The standard InChI is InChI=1S/C16H19FN4O2S/c1-10(2)8-14(22)19-20-15(23)13-9-18-16(24-3)21(13)12-6-4-11(17)5-7-12/h4-7,9-10H,8H2,1-3H3,(H,19,22)(H,20,23). The second kappa shape index (κ2) is 7.96. The smallest absolute Gasteiger partial charge is 0.283 e. The lowest BCUT2D eigenvalue weighted by molar-refractivity contribution is -0.122. The van der Waals surface area contributed by atoms with Gasteiger partial charge in [-0.2, -0.15) is 0 Å². The lowest BCUT2D eigenvalue weighted by Gasteiger charge is -2.12. The summed E-state index contributed by atoms with van der Waals surface area (Å²) in [5, 5.41) is 0.584. The van der Waals surface area contributed by atoms with Crippen LogP contribution in [0, 0.1) is 11.7 Å². The Labute approximate surface area is 143 Å². The maximum Gasteiger partial charge on any atom is 0.288 e. The third-order valence-corrected chi connectivity index (χ3v) is 3.79. The highest BCUT2D eigenvalue weighted by molar-refractivity contribution is 7.98. The highest BCUT2D eigenvalue weighted by Crippen LogP contribution is 2.21. The number of benzene rings is 1. The maximum absolute atomic E-state index is 13.1. The van der Waals surface area contributed by atoms with Crippen LogP contribution < -0.4 is 10.9 Å². The number of imidazole rings is 1. The summed E-state index contributed by atoms with van der Waals surface area (Å²) in [6, 6.07) is 5.74. The van der Waals surface area contributed by atoms with Gasteiger partial charge in [0.05, 0.1) is 6.20 Å². The predicted octanol–water partition coefficient (Wildman–Crippen LogP) is 2.54. The normalized spacial score (nSPS) is 10.7. The second-order valence-electron chi connectivity index (χ2n) is 5.54. The number of carbonyl (C=O) groups excluding carboxylic acids is 2. The van der Waals surface area contributed by atoms with Gasteiger partial charge in [-0.25, -0.2) is 9.37 Å². The lowest BCUT2D eigenvalue weighted by atomic mass is 10.1. The molecule has 8 heteroatoms. The third-order valence-electron chi connectivity index (χ3n) is 3.14. The second-order valence-corrected chi connectivity index (χ2v) is 6.32. The number of nitrogens with one attached hydrogen (secondary N) is 2. The summed E-state index contributed by atoms with van der Waals surface area (Å²) in [5.74, 6) is -0.938. The van der Waals surface area contributed by atoms with Crippen molar-refractivity contribution in [2.75, 3.05) is 6.26 Å². The zero-order valence-corrected chi connectivity index (χ0v) is 14.5. The number of amides is 2. The van der Waals surface area contributed by atoms with E-state index in [9.17, 15) is 14.0 Å². The summed E-state index contributed by atoms with van der Waals surface area (Å²) in [4.78, 5) is 28.2. The zero-order chi connectivity index (χ0) is 17.7. The SMILES string of the molecule is CSc1ncc(C(=O)NNC(=O)CC(C)C)n1-c1ccc(F)cc1. The van der Waals surface area contributed by atoms with Crippen LogP contribution in [0.3, 0.4) is 0 Å². The molecule has 1 aromatic carbocycles. The summed E-state index contributed by atoms with van der Waals surface area (Å²) in [6.07, 6.45) is 3.56. The molecule has 1 heterocycles. The highest BCUT2D eigenvalue weighted by atomic mass is 32.2. The molecule has 128 valence electrons. The molecule has 0 atom stereocenters. The first-order chi connectivity index (χ1) is 11.4. The Bertz CT molecular complexity index is 728. The van der Waals surface area contributed by atoms with E-state index in [0.717, 1.165) is 0 Å². The van der Waals surface area contributed by atoms with Gasteiger partial charge >= 0.3 is 0 Å². The van der Waals surface area contributed by atoms with E-state index in [1.807, 2.05) is 20.1 Å². The molecule has 0 saturated heterocycles. The van der Waals surface area contributed by atoms with Crippen LogP contribution >= 0.6 is 11.8 Å². The molecule has 0 aliphatic heterocycles. The summed E-state index contributed by atoms with van der Waals surface area (Å²) >= 11 is 1.36. The topological polar surface area (TPSA) is 76.0 Å². The molecule has 0 bridgehead atoms. The van der Waals surface area contributed by atoms with Crippen molar-refractivity contribution in [1.29, 1.82) is 0 Å². The van der Waals surface area contributed by atoms with Crippen molar-refractivity contribution in [3.05, 3.63) is 42.0 Å². The van der Waals surface area contributed by atoms with Crippen molar-refractivity contribution in [3.63, 3.8) is 0 Å². The fourth-order valence-electron chi connectivity index (χ4n) is 2.09. The number of nitrogens with zero attached hydrogens (tertiary/aromatic N) is 2. The van der Waals surface area contributed by atoms with Crippen molar-refractivity contribution < 1.29 is 14.0 Å². The molecule has 6 nitrogen and oxygen atoms in total. The molecule has 2 aromatic rings. The number of hydrazine groups is 1. The first kappa shape index (κ1) is 18.0. The van der Waals surface area contributed by atoms with Gasteiger partial charge in [0.1, 0.15) is 11.5 Å². The Morgan fingerprint density at radius 1 is 1.25 bits per heavy atom. The van der Waals surface area contributed by atoms with E-state index in [1.54, 1.807) is 16.7 Å². The molecular formula is C16H19FN4O2S. The van der Waals surface area contributed by atoms with E-state index in [4.69, 9.17) is 0 Å². The molecular weight excluding hydrogens is 331 g/mol. The molecule has 0 spiro atoms. The van der Waals surface area contributed by atoms with E-state index >= 15 is 0 Å². The van der Waals surface area contributed by atoms with Crippen LogP contribution in [0.25, 0.3) is 5.69 Å². The van der Waals surface area contributed by atoms with Crippen LogP contribution in [0.15, 0.2) is 35.6 Å². The van der Waals surface area contributed by atoms with E-state index in [-0.39, 0.29) is 23.3 Å². The molecule has 0 saturated carbocycles. The quantitative estimate of drug-likeness (QED) is 0.642. The van der Waals surface area contributed by atoms with Crippen LogP contribution in [0.1, 0.15) is 30.8 Å². The largest absolute Gasteiger partial charge is 0.288 e. The highest BCUT2D eigenvalue weighted by Gasteiger charge is 2.18. The van der Waals surface area contributed by atoms with E-state index in [1.165, 1.54) is 30.1 Å². The molecule has 0 aliphatic carbocycles. The average Bonchev–Trinajstić information content (AvgIpc) is 2.96. The van der Waals surface area contributed by atoms with E-state index in [2.05, 4.69) is 15.8 Å². The van der Waals surface area contributed by atoms with Crippen LogP contribution in [-0.4, -0.2) is 27.6 Å². The van der Waals surface area contributed by atoms with Gasteiger partial charge in [0.2, 0.25) is 5.91 Å². The summed E-state index contributed by atoms with van der Waals surface area (Å²) in [7, 11) is 0. The number of rotatable bonds is 5. The molecule has 0 radical (unpaired) electrons. The molecule has 1 aromatic heterocycles. The monoisotopic (exact) mass is 350 g/mol. The number of aromatic nitrogens is 2. The summed E-state index contributed by atoms with van der Waals surface area (Å²) in [6.45, 7) is 3.82. The molecule has 24 heavy (non-hydrogen) atoms. The van der Waals surface area contributed by atoms with Crippen molar-refractivity contribution >= 4 is 23.6 Å². The van der Waals surface area contributed by atoms with Crippen LogP contribution in [0.2, 0.25) is 0 Å². The van der Waals surface area contributed by atoms with Crippen molar-refractivity contribution in [3.8, 4) is 5.69 Å². The van der Waals surface area contributed by atoms with Gasteiger partial charge < -0.3 is 0 Å². The molecule has 2 rings (SSSR count). The minimum Gasteiger partial charge on any atom is -0.283 e. The first-order valence-electron chi connectivity index (χ1n) is 7.39. The summed E-state index contributed by atoms with van der Waals surface area (Å²) < 4.78 is 14.7. The van der Waals surface area contributed by atoms with Gasteiger partial charge in [0, 0.05) is 12.1 Å². The Balaban J connectivity index is 2.21. The van der Waals surface area contributed by atoms with E-state index < -0.39 is 5.91 Å². The summed E-state index contributed by atoms with van der Waals surface area (Å²) in [5.41, 5.74) is 5.62. The van der Waals surface area contributed by atoms with Crippen molar-refractivity contribution in [2.45, 2.75) is 25.4 Å². The maximum atomic E-state index is 13.1. The Morgan fingerprint density at radius 3 is 2.50 bits per heavy atom. The minimum absolute atomic E-state index is 0.190. The van der Waals surface area contributed by atoms with Gasteiger partial charge in [0.15, 0.2) is 5.16 Å². The fraction of sp³-hybridized carbons (Fsp3) is 0.312. The van der Waals surface area contributed by atoms with Crippen LogP contribution in [0.5, 0.6) is 0 Å². The molecule has 0 unspecified atom stereocenters. The Morgan fingerprint density at radius 2 is 1.92 bits per heavy atom. The number of thioether (sulfide) groups is 1. The third kappa shape index (κ3) is 4.35. The van der Waals surface area contributed by atoms with E-state index in [0.29, 0.717) is 17.3 Å². The first-order valence-corrected chi connectivity index (χ1v) is 8.61. The van der Waals surface area contributed by atoms with Gasteiger partial charge in [-0.15, -0.1) is 0 Å². The Kier molecular flexibility index (Phi) is 5.97. The van der Waals surface area contributed by atoms with Gasteiger partial charge in [-0.3, -0.25) is 25.0 Å². The molecule has 2 amide bonds. The van der Waals surface area contributed by atoms with Gasteiger partial charge in [-0.05, 0) is 36.4 Å². The lowest BCUT2D eigenvalue weighted by Crippen LogP contribution is -2.42. The molecule has 2 N–H and O–H groups in total. The van der Waals surface area contributed by atoms with Crippen LogP contribution in [-0.2, 0) is 4.79 Å². The van der Waals surface area contributed by atoms with Crippen molar-refractivity contribution in [1.82, 2.24) is 20.4 Å². The molecule has 0 fully saturated rings.